The standard InChI is InChI=1S/C17H21NO4/c19-16(13-3-1-4-14(11-13)17(20)21)18-8-6-12(7-9-18)15-5-2-10-22-15/h1,3-4,11-12,15H,2,5-10H2,(H,20,21). The Labute approximate surface area is 129 Å². The number of nitrogens with zero attached hydrogens (tertiary/aromatic N) is 1. The van der Waals surface area contributed by atoms with E-state index in [9.17, 15) is 9.59 Å². The molecule has 1 amide bonds. The van der Waals surface area contributed by atoms with Crippen LogP contribution in [0.3, 0.4) is 0 Å². The first-order valence-electron chi connectivity index (χ1n) is 7.89. The first-order chi connectivity index (χ1) is 10.6. The number of hydrogen-bond donors (Lipinski definition) is 1. The zero-order chi connectivity index (χ0) is 15.5. The fourth-order valence-electron chi connectivity index (χ4n) is 3.42. The molecular formula is C17H21NO4. The SMILES string of the molecule is O=C(O)c1cccc(C(=O)N2CCC(C3CCCO3)CC2)c1. The van der Waals surface area contributed by atoms with Crippen molar-refractivity contribution in [1.29, 1.82) is 0 Å². The summed E-state index contributed by atoms with van der Waals surface area (Å²) >= 11 is 0. The molecule has 118 valence electrons. The molecule has 0 bridgehead atoms. The van der Waals surface area contributed by atoms with Gasteiger partial charge in [-0.25, -0.2) is 4.79 Å². The lowest BCUT2D eigenvalue weighted by Gasteiger charge is -2.34. The van der Waals surface area contributed by atoms with Crippen molar-refractivity contribution in [2.24, 2.45) is 5.92 Å². The molecule has 5 heteroatoms. The van der Waals surface area contributed by atoms with E-state index in [2.05, 4.69) is 0 Å². The van der Waals surface area contributed by atoms with Crippen molar-refractivity contribution in [3.05, 3.63) is 35.4 Å². The number of likely N-dealkylation sites (tertiary alicyclic amines) is 1. The van der Waals surface area contributed by atoms with E-state index in [4.69, 9.17) is 9.84 Å². The number of carboxylic acid groups (broad SMARTS) is 1. The van der Waals surface area contributed by atoms with E-state index >= 15 is 0 Å². The van der Waals surface area contributed by atoms with Gasteiger partial charge in [-0.15, -0.1) is 0 Å². The number of aromatic carboxylic acids is 1. The summed E-state index contributed by atoms with van der Waals surface area (Å²) in [5.74, 6) is -0.530. The van der Waals surface area contributed by atoms with E-state index in [-0.39, 0.29) is 11.5 Å². The first kappa shape index (κ1) is 15.0. The monoisotopic (exact) mass is 303 g/mol. The zero-order valence-corrected chi connectivity index (χ0v) is 12.5. The molecule has 2 heterocycles. The number of rotatable bonds is 3. The minimum absolute atomic E-state index is 0.0751. The maximum Gasteiger partial charge on any atom is 0.335 e. The molecule has 22 heavy (non-hydrogen) atoms. The summed E-state index contributed by atoms with van der Waals surface area (Å²) in [5.41, 5.74) is 0.607. The van der Waals surface area contributed by atoms with Gasteiger partial charge in [0.15, 0.2) is 0 Å². The summed E-state index contributed by atoms with van der Waals surface area (Å²) in [6.45, 7) is 2.31. The Morgan fingerprint density at radius 2 is 1.86 bits per heavy atom. The summed E-state index contributed by atoms with van der Waals surface area (Å²) in [6, 6.07) is 6.26. The fraction of sp³-hybridized carbons (Fsp3) is 0.529. The molecule has 2 saturated heterocycles. The Hall–Kier alpha value is -1.88. The van der Waals surface area contributed by atoms with Crippen LogP contribution in [-0.4, -0.2) is 47.7 Å². The number of carbonyl (C=O) groups excluding carboxylic acids is 1. The highest BCUT2D eigenvalue weighted by Gasteiger charge is 2.31. The molecule has 0 aromatic heterocycles. The second kappa shape index (κ2) is 6.48. The third-order valence-electron chi connectivity index (χ3n) is 4.67. The van der Waals surface area contributed by atoms with E-state index in [1.165, 1.54) is 12.1 Å². The lowest BCUT2D eigenvalue weighted by atomic mass is 9.89. The van der Waals surface area contributed by atoms with Crippen molar-refractivity contribution in [3.63, 3.8) is 0 Å². The molecule has 0 spiro atoms. The minimum atomic E-state index is -1.01. The molecule has 1 aromatic rings. The number of amides is 1. The quantitative estimate of drug-likeness (QED) is 0.931. The molecule has 0 radical (unpaired) electrons. The van der Waals surface area contributed by atoms with Gasteiger partial charge in [0.1, 0.15) is 0 Å². The van der Waals surface area contributed by atoms with Gasteiger partial charge in [0.25, 0.3) is 5.91 Å². The Bertz CT molecular complexity index is 558. The van der Waals surface area contributed by atoms with Crippen molar-refractivity contribution >= 4 is 11.9 Å². The normalized spacial score (nSPS) is 22.7. The maximum atomic E-state index is 12.5. The van der Waals surface area contributed by atoms with Gasteiger partial charge in [-0.3, -0.25) is 4.79 Å². The summed E-state index contributed by atoms with van der Waals surface area (Å²) in [4.78, 5) is 25.3. The number of piperidine rings is 1. The maximum absolute atomic E-state index is 12.5. The number of benzene rings is 1. The third-order valence-corrected chi connectivity index (χ3v) is 4.67. The predicted molar refractivity (Wildman–Crippen MR) is 81.0 cm³/mol. The Kier molecular flexibility index (Phi) is 4.43. The van der Waals surface area contributed by atoms with E-state index in [1.54, 1.807) is 12.1 Å². The van der Waals surface area contributed by atoms with Gasteiger partial charge in [-0.1, -0.05) is 6.07 Å². The van der Waals surface area contributed by atoms with Gasteiger partial charge in [0, 0.05) is 25.3 Å². The third kappa shape index (κ3) is 3.14. The van der Waals surface area contributed by atoms with Crippen molar-refractivity contribution < 1.29 is 19.4 Å². The lowest BCUT2D eigenvalue weighted by molar-refractivity contribution is 0.0291. The molecule has 3 rings (SSSR count). The molecule has 1 aromatic carbocycles. The average Bonchev–Trinajstić information content (AvgIpc) is 3.09. The van der Waals surface area contributed by atoms with E-state index in [1.807, 2.05) is 4.90 Å². The van der Waals surface area contributed by atoms with E-state index < -0.39 is 5.97 Å². The summed E-state index contributed by atoms with van der Waals surface area (Å²) in [7, 11) is 0. The topological polar surface area (TPSA) is 66.8 Å². The van der Waals surface area contributed by atoms with Gasteiger partial charge in [-0.2, -0.15) is 0 Å². The van der Waals surface area contributed by atoms with Crippen molar-refractivity contribution in [2.45, 2.75) is 31.8 Å². The molecule has 1 N–H and O–H groups in total. The molecule has 2 fully saturated rings. The van der Waals surface area contributed by atoms with Crippen LogP contribution >= 0.6 is 0 Å². The van der Waals surface area contributed by atoms with E-state index in [0.29, 0.717) is 17.6 Å². The molecule has 1 unspecified atom stereocenters. The van der Waals surface area contributed by atoms with E-state index in [0.717, 1.165) is 45.4 Å². The number of carbonyl (C=O) groups is 2. The Balaban J connectivity index is 1.62. The molecular weight excluding hydrogens is 282 g/mol. The zero-order valence-electron chi connectivity index (χ0n) is 12.5. The summed E-state index contributed by atoms with van der Waals surface area (Å²) in [5, 5.41) is 9.02. The molecule has 1 atom stereocenters. The number of carboxylic acids is 1. The lowest BCUT2D eigenvalue weighted by Crippen LogP contribution is -2.41. The van der Waals surface area contributed by atoms with Gasteiger partial charge < -0.3 is 14.7 Å². The Morgan fingerprint density at radius 3 is 2.50 bits per heavy atom. The molecule has 0 saturated carbocycles. The van der Waals surface area contributed by atoms with Crippen molar-refractivity contribution in [1.82, 2.24) is 4.90 Å². The molecule has 2 aliphatic heterocycles. The van der Waals surface area contributed by atoms with Crippen LogP contribution < -0.4 is 0 Å². The summed E-state index contributed by atoms with van der Waals surface area (Å²) < 4.78 is 5.75. The van der Waals surface area contributed by atoms with Gasteiger partial charge in [0.2, 0.25) is 0 Å². The van der Waals surface area contributed by atoms with Crippen LogP contribution in [0.5, 0.6) is 0 Å². The van der Waals surface area contributed by atoms with Crippen LogP contribution in [0.4, 0.5) is 0 Å². The highest BCUT2D eigenvalue weighted by molar-refractivity contribution is 5.97. The van der Waals surface area contributed by atoms with Crippen LogP contribution in [0.2, 0.25) is 0 Å². The van der Waals surface area contributed by atoms with Crippen LogP contribution in [-0.2, 0) is 4.74 Å². The predicted octanol–water partition coefficient (Wildman–Crippen LogP) is 2.42. The average molecular weight is 303 g/mol. The van der Waals surface area contributed by atoms with Gasteiger partial charge in [-0.05, 0) is 49.8 Å². The molecule has 2 aliphatic rings. The smallest absolute Gasteiger partial charge is 0.335 e. The largest absolute Gasteiger partial charge is 0.478 e. The highest BCUT2D eigenvalue weighted by atomic mass is 16.5. The van der Waals surface area contributed by atoms with Crippen LogP contribution in [0.15, 0.2) is 24.3 Å². The molecule has 0 aliphatic carbocycles. The van der Waals surface area contributed by atoms with Crippen LogP contribution in [0.1, 0.15) is 46.4 Å². The van der Waals surface area contributed by atoms with Crippen LogP contribution in [0, 0.1) is 5.92 Å². The van der Waals surface area contributed by atoms with Crippen LogP contribution in [0.25, 0.3) is 0 Å². The van der Waals surface area contributed by atoms with Gasteiger partial charge in [0.05, 0.1) is 11.7 Å². The van der Waals surface area contributed by atoms with Crippen molar-refractivity contribution in [2.75, 3.05) is 19.7 Å². The van der Waals surface area contributed by atoms with Gasteiger partial charge >= 0.3 is 5.97 Å². The van der Waals surface area contributed by atoms with Crippen molar-refractivity contribution in [3.8, 4) is 0 Å². The highest BCUT2D eigenvalue weighted by Crippen LogP contribution is 2.29. The number of hydrogen-bond acceptors (Lipinski definition) is 3. The Morgan fingerprint density at radius 1 is 1.14 bits per heavy atom. The first-order valence-corrected chi connectivity index (χ1v) is 7.89. The second-order valence-electron chi connectivity index (χ2n) is 6.07. The molecule has 5 nitrogen and oxygen atoms in total. The number of ether oxygens (including phenoxy) is 1. The fourth-order valence-corrected chi connectivity index (χ4v) is 3.42. The second-order valence-corrected chi connectivity index (χ2v) is 6.07. The minimum Gasteiger partial charge on any atom is -0.478 e. The summed E-state index contributed by atoms with van der Waals surface area (Å²) in [6.07, 6.45) is 4.59.